The minimum Gasteiger partial charge on any atom is -0.394 e. The van der Waals surface area contributed by atoms with E-state index in [9.17, 15) is 9.90 Å². The minimum absolute atomic E-state index is 0.0674. The van der Waals surface area contributed by atoms with Gasteiger partial charge in [0, 0.05) is 5.92 Å². The van der Waals surface area contributed by atoms with E-state index in [-0.39, 0.29) is 24.0 Å². The van der Waals surface area contributed by atoms with Crippen LogP contribution in [0.15, 0.2) is 0 Å². The molecule has 2 unspecified atom stereocenters. The molecule has 0 aromatic carbocycles. The van der Waals surface area contributed by atoms with Gasteiger partial charge in [-0.25, -0.2) is 0 Å². The summed E-state index contributed by atoms with van der Waals surface area (Å²) in [6.45, 7) is 0.670. The highest BCUT2D eigenvalue weighted by molar-refractivity contribution is 5.80. The van der Waals surface area contributed by atoms with Crippen LogP contribution in [0.2, 0.25) is 0 Å². The third kappa shape index (κ3) is 2.63. The van der Waals surface area contributed by atoms with Crippen molar-refractivity contribution in [2.75, 3.05) is 13.2 Å². The first-order valence-electron chi connectivity index (χ1n) is 6.84. The Kier molecular flexibility index (Phi) is 4.05. The van der Waals surface area contributed by atoms with Crippen LogP contribution in [0, 0.1) is 11.8 Å². The number of aliphatic hydroxyl groups excluding tert-OH is 1. The zero-order valence-corrected chi connectivity index (χ0v) is 10.5. The predicted octanol–water partition coefficient (Wildman–Crippen LogP) is 0.783. The fraction of sp³-hybridized carbons (Fsp3) is 0.923. The molecule has 17 heavy (non-hydrogen) atoms. The number of hydrogen-bond acceptors (Lipinski definition) is 3. The van der Waals surface area contributed by atoms with Crippen molar-refractivity contribution in [1.29, 1.82) is 0 Å². The Bertz CT molecular complexity index is 271. The average Bonchev–Trinajstić information content (AvgIpc) is 2.33. The maximum Gasteiger partial charge on any atom is 0.223 e. The Morgan fingerprint density at radius 2 is 2.00 bits per heavy atom. The maximum atomic E-state index is 12.3. The molecule has 2 fully saturated rings. The normalized spacial score (nSPS) is 31.6. The van der Waals surface area contributed by atoms with E-state index in [1.54, 1.807) is 0 Å². The zero-order valence-electron chi connectivity index (χ0n) is 10.5. The number of hydrogen-bond donors (Lipinski definition) is 3. The monoisotopic (exact) mass is 240 g/mol. The van der Waals surface area contributed by atoms with E-state index in [2.05, 4.69) is 5.32 Å². The van der Waals surface area contributed by atoms with Gasteiger partial charge in [0.15, 0.2) is 0 Å². The molecule has 4 N–H and O–H groups in total. The molecule has 98 valence electrons. The summed E-state index contributed by atoms with van der Waals surface area (Å²) in [6.07, 6.45) is 7.27. The van der Waals surface area contributed by atoms with Crippen molar-refractivity contribution in [1.82, 2.24) is 5.32 Å². The molecule has 1 amide bonds. The fourth-order valence-corrected chi connectivity index (χ4v) is 3.12. The van der Waals surface area contributed by atoms with Gasteiger partial charge in [-0.05, 0) is 44.6 Å². The van der Waals surface area contributed by atoms with Gasteiger partial charge < -0.3 is 16.2 Å². The average molecular weight is 240 g/mol. The first-order chi connectivity index (χ1) is 8.21. The van der Waals surface area contributed by atoms with Gasteiger partial charge in [0.25, 0.3) is 0 Å². The van der Waals surface area contributed by atoms with Crippen LogP contribution in [-0.4, -0.2) is 29.7 Å². The van der Waals surface area contributed by atoms with E-state index in [1.807, 2.05) is 0 Å². The largest absolute Gasteiger partial charge is 0.394 e. The van der Waals surface area contributed by atoms with E-state index in [1.165, 1.54) is 6.42 Å². The number of carbonyl (C=O) groups excluding carboxylic acids is 1. The lowest BCUT2D eigenvalue weighted by atomic mass is 9.75. The molecule has 0 aromatic heterocycles. The van der Waals surface area contributed by atoms with Crippen molar-refractivity contribution in [3.63, 3.8) is 0 Å². The van der Waals surface area contributed by atoms with Gasteiger partial charge in [-0.2, -0.15) is 0 Å². The van der Waals surface area contributed by atoms with Crippen LogP contribution in [0.1, 0.15) is 44.9 Å². The first-order valence-corrected chi connectivity index (χ1v) is 6.84. The molecule has 0 aliphatic heterocycles. The summed E-state index contributed by atoms with van der Waals surface area (Å²) in [7, 11) is 0. The highest BCUT2D eigenvalue weighted by atomic mass is 16.3. The van der Waals surface area contributed by atoms with Gasteiger partial charge in [0.05, 0.1) is 12.1 Å². The Balaban J connectivity index is 1.93. The summed E-state index contributed by atoms with van der Waals surface area (Å²) >= 11 is 0. The second-order valence-corrected chi connectivity index (χ2v) is 5.67. The highest BCUT2D eigenvalue weighted by Gasteiger charge is 2.40. The third-order valence-corrected chi connectivity index (χ3v) is 4.55. The molecular weight excluding hydrogens is 216 g/mol. The standard InChI is InChI=1S/C13H24N2O2/c14-8-10-4-1-2-5-11(10)12(17)15-13(9-16)6-3-7-13/h10-11,16H,1-9,14H2,(H,15,17). The molecule has 4 heteroatoms. The van der Waals surface area contributed by atoms with Crippen LogP contribution in [-0.2, 0) is 4.79 Å². The highest BCUT2D eigenvalue weighted by Crippen LogP contribution is 2.34. The van der Waals surface area contributed by atoms with Crippen molar-refractivity contribution in [3.8, 4) is 0 Å². The lowest BCUT2D eigenvalue weighted by molar-refractivity contribution is -0.131. The quantitative estimate of drug-likeness (QED) is 0.680. The van der Waals surface area contributed by atoms with Crippen LogP contribution in [0.25, 0.3) is 0 Å². The topological polar surface area (TPSA) is 75.4 Å². The second kappa shape index (κ2) is 5.36. The van der Waals surface area contributed by atoms with Crippen molar-refractivity contribution < 1.29 is 9.90 Å². The summed E-state index contributed by atoms with van der Waals surface area (Å²) in [5.41, 5.74) is 5.43. The van der Waals surface area contributed by atoms with E-state index in [0.717, 1.165) is 38.5 Å². The molecule has 0 bridgehead atoms. The van der Waals surface area contributed by atoms with Gasteiger partial charge >= 0.3 is 0 Å². The third-order valence-electron chi connectivity index (χ3n) is 4.55. The van der Waals surface area contributed by atoms with Crippen molar-refractivity contribution in [3.05, 3.63) is 0 Å². The Morgan fingerprint density at radius 3 is 2.53 bits per heavy atom. The van der Waals surface area contributed by atoms with E-state index >= 15 is 0 Å². The molecule has 0 saturated heterocycles. The lowest BCUT2D eigenvalue weighted by Gasteiger charge is -2.43. The smallest absolute Gasteiger partial charge is 0.223 e. The number of nitrogens with one attached hydrogen (secondary N) is 1. The Hall–Kier alpha value is -0.610. The number of aliphatic hydroxyl groups is 1. The molecule has 2 saturated carbocycles. The number of amides is 1. The number of nitrogens with two attached hydrogens (primary N) is 1. The lowest BCUT2D eigenvalue weighted by Crippen LogP contribution is -2.58. The summed E-state index contributed by atoms with van der Waals surface area (Å²) in [4.78, 5) is 12.3. The Labute approximate surface area is 103 Å². The summed E-state index contributed by atoms with van der Waals surface area (Å²) in [6, 6.07) is 0. The molecule has 0 spiro atoms. The van der Waals surface area contributed by atoms with Crippen LogP contribution in [0.5, 0.6) is 0 Å². The molecule has 2 aliphatic carbocycles. The van der Waals surface area contributed by atoms with E-state index in [0.29, 0.717) is 12.5 Å². The first kappa shape index (κ1) is 12.8. The van der Waals surface area contributed by atoms with E-state index in [4.69, 9.17) is 5.73 Å². The molecule has 0 aromatic rings. The van der Waals surface area contributed by atoms with Gasteiger partial charge in [0.1, 0.15) is 0 Å². The van der Waals surface area contributed by atoms with Crippen LogP contribution in [0.3, 0.4) is 0 Å². The summed E-state index contributed by atoms with van der Waals surface area (Å²) in [5, 5.41) is 12.4. The molecule has 4 nitrogen and oxygen atoms in total. The number of carbonyl (C=O) groups is 1. The van der Waals surface area contributed by atoms with Crippen molar-refractivity contribution >= 4 is 5.91 Å². The zero-order chi connectivity index (χ0) is 12.3. The summed E-state index contributed by atoms with van der Waals surface area (Å²) in [5.74, 6) is 0.520. The van der Waals surface area contributed by atoms with Gasteiger partial charge in [-0.15, -0.1) is 0 Å². The molecule has 2 aliphatic rings. The molecule has 0 radical (unpaired) electrons. The predicted molar refractivity (Wildman–Crippen MR) is 66.3 cm³/mol. The van der Waals surface area contributed by atoms with Crippen molar-refractivity contribution in [2.45, 2.75) is 50.5 Å². The second-order valence-electron chi connectivity index (χ2n) is 5.67. The molecule has 0 heterocycles. The van der Waals surface area contributed by atoms with Gasteiger partial charge in [-0.1, -0.05) is 12.8 Å². The van der Waals surface area contributed by atoms with Crippen molar-refractivity contribution in [2.24, 2.45) is 17.6 Å². The molecule has 2 atom stereocenters. The molecular formula is C13H24N2O2. The maximum absolute atomic E-state index is 12.3. The SMILES string of the molecule is NCC1CCCCC1C(=O)NC1(CO)CCC1. The van der Waals surface area contributed by atoms with E-state index < -0.39 is 0 Å². The molecule has 2 rings (SSSR count). The summed E-state index contributed by atoms with van der Waals surface area (Å²) < 4.78 is 0. The van der Waals surface area contributed by atoms with Crippen LogP contribution < -0.4 is 11.1 Å². The van der Waals surface area contributed by atoms with Gasteiger partial charge in [-0.3, -0.25) is 4.79 Å². The van der Waals surface area contributed by atoms with Gasteiger partial charge in [0.2, 0.25) is 5.91 Å². The number of rotatable bonds is 4. The fourth-order valence-electron chi connectivity index (χ4n) is 3.12. The minimum atomic E-state index is -0.312. The van der Waals surface area contributed by atoms with Crippen LogP contribution >= 0.6 is 0 Å². The Morgan fingerprint density at radius 1 is 1.29 bits per heavy atom. The van der Waals surface area contributed by atoms with Crippen LogP contribution in [0.4, 0.5) is 0 Å².